The van der Waals surface area contributed by atoms with Gasteiger partial charge in [0, 0.05) is 30.5 Å². The van der Waals surface area contributed by atoms with E-state index in [-0.39, 0.29) is 66.3 Å². The lowest BCUT2D eigenvalue weighted by atomic mass is 10.1. The molecule has 1 aromatic rings. The van der Waals surface area contributed by atoms with Crippen molar-refractivity contribution < 1.29 is 38.3 Å². The van der Waals surface area contributed by atoms with E-state index >= 15 is 0 Å². The number of carbonyl (C=O) groups is 5. The number of hydrogen-bond donors (Lipinski definition) is 2. The number of ketones is 1. The van der Waals surface area contributed by atoms with Crippen molar-refractivity contribution in [3.8, 4) is 0 Å². The molecule has 0 saturated carbocycles. The van der Waals surface area contributed by atoms with Gasteiger partial charge < -0.3 is 19.6 Å². The van der Waals surface area contributed by atoms with Gasteiger partial charge in [-0.2, -0.15) is 0 Å². The third-order valence-corrected chi connectivity index (χ3v) is 5.95. The molecule has 2 aliphatic heterocycles. The summed E-state index contributed by atoms with van der Waals surface area (Å²) in [6, 6.07) is -1.07. The zero-order valence-electron chi connectivity index (χ0n) is 20.7. The van der Waals surface area contributed by atoms with Crippen LogP contribution >= 0.6 is 11.3 Å². The maximum atomic E-state index is 13.2. The molecule has 1 atom stereocenters. The van der Waals surface area contributed by atoms with Crippen LogP contribution in [0.15, 0.2) is 47.1 Å². The first-order valence-electron chi connectivity index (χ1n) is 11.3. The fourth-order valence-electron chi connectivity index (χ4n) is 3.60. The minimum Gasteiger partial charge on any atom is -0.457 e. The first-order chi connectivity index (χ1) is 18.2. The lowest BCUT2D eigenvalue weighted by molar-refractivity contribution is -0.146. The normalized spacial score (nSPS) is 17.1. The van der Waals surface area contributed by atoms with Gasteiger partial charge in [0.2, 0.25) is 0 Å². The van der Waals surface area contributed by atoms with Crippen LogP contribution < -0.4 is 10.6 Å². The second-order valence-electron chi connectivity index (χ2n) is 7.69. The van der Waals surface area contributed by atoms with E-state index in [2.05, 4.69) is 33.9 Å². The number of esters is 1. The quantitative estimate of drug-likeness (QED) is 0.165. The largest absolute Gasteiger partial charge is 0.457 e. The summed E-state index contributed by atoms with van der Waals surface area (Å²) in [5.74, 6) is -2.57. The molecule has 14 nitrogen and oxygen atoms in total. The molecule has 3 rings (SSSR count). The second kappa shape index (κ2) is 12.7. The van der Waals surface area contributed by atoms with Crippen LogP contribution in [0.4, 0.5) is 9.93 Å². The number of oxime groups is 1. The summed E-state index contributed by atoms with van der Waals surface area (Å²) in [6.07, 6.45) is 2.14. The van der Waals surface area contributed by atoms with E-state index in [1.807, 2.05) is 0 Å². The molecule has 2 N–H and O–H groups in total. The number of Topliss-reactive ketones (excluding diaryl/α,β-unsaturated/α-hetero) is 1. The second-order valence-corrected chi connectivity index (χ2v) is 8.54. The molecule has 202 valence electrons. The maximum absolute atomic E-state index is 13.2. The van der Waals surface area contributed by atoms with Crippen LogP contribution in [0.3, 0.4) is 0 Å². The lowest BCUT2D eigenvalue weighted by Gasteiger charge is -2.20. The molecule has 2 aliphatic rings. The Balaban J connectivity index is 1.76. The third kappa shape index (κ3) is 6.12. The molecule has 0 aromatic carbocycles. The summed E-state index contributed by atoms with van der Waals surface area (Å²) in [7, 11) is 1.23. The number of hydrazine groups is 1. The van der Waals surface area contributed by atoms with Crippen molar-refractivity contribution in [2.75, 3.05) is 38.7 Å². The summed E-state index contributed by atoms with van der Waals surface area (Å²) < 4.78 is 9.92. The van der Waals surface area contributed by atoms with Crippen LogP contribution in [-0.4, -0.2) is 89.8 Å². The number of ether oxygens (including phenoxy) is 2. The Morgan fingerprint density at radius 1 is 1.24 bits per heavy atom. The van der Waals surface area contributed by atoms with Crippen LogP contribution in [0.1, 0.15) is 19.0 Å². The Hall–Kier alpha value is -4.37. The molecule has 0 bridgehead atoms. The summed E-state index contributed by atoms with van der Waals surface area (Å²) in [6.45, 7) is 8.47. The molecule has 38 heavy (non-hydrogen) atoms. The van der Waals surface area contributed by atoms with E-state index in [0.717, 1.165) is 16.3 Å². The van der Waals surface area contributed by atoms with Gasteiger partial charge in [0.15, 0.2) is 22.3 Å². The Bertz CT molecular complexity index is 1220. The number of hydrogen-bond acceptors (Lipinski definition) is 12. The van der Waals surface area contributed by atoms with Gasteiger partial charge in [-0.1, -0.05) is 37.4 Å². The highest BCUT2D eigenvalue weighted by Crippen LogP contribution is 2.31. The number of rotatable bonds is 12. The van der Waals surface area contributed by atoms with Crippen molar-refractivity contribution >= 4 is 51.8 Å². The van der Waals surface area contributed by atoms with Crippen LogP contribution in [0.2, 0.25) is 0 Å². The molecule has 15 heteroatoms. The average Bonchev–Trinajstić information content (AvgIpc) is 3.59. The highest BCUT2D eigenvalue weighted by Gasteiger charge is 2.49. The molecule has 3 amide bonds. The zero-order chi connectivity index (χ0) is 27.8. The van der Waals surface area contributed by atoms with Gasteiger partial charge in [0.25, 0.3) is 11.8 Å². The predicted octanol–water partition coefficient (Wildman–Crippen LogP) is 0.748. The van der Waals surface area contributed by atoms with Gasteiger partial charge >= 0.3 is 12.1 Å². The van der Waals surface area contributed by atoms with Gasteiger partial charge in [0.05, 0.1) is 0 Å². The molecule has 1 fully saturated rings. The van der Waals surface area contributed by atoms with Crippen molar-refractivity contribution in [1.29, 1.82) is 0 Å². The monoisotopic (exact) mass is 546 g/mol. The van der Waals surface area contributed by atoms with E-state index in [9.17, 15) is 24.0 Å². The summed E-state index contributed by atoms with van der Waals surface area (Å²) in [4.78, 5) is 72.1. The van der Waals surface area contributed by atoms with E-state index < -0.39 is 29.9 Å². The van der Waals surface area contributed by atoms with Crippen LogP contribution in [0, 0.1) is 0 Å². The number of fused-ring (bicyclic) bond motifs is 1. The first kappa shape index (κ1) is 28.2. The van der Waals surface area contributed by atoms with Crippen LogP contribution in [-0.2, 0) is 33.5 Å². The zero-order valence-corrected chi connectivity index (χ0v) is 21.5. The molecule has 0 aliphatic carbocycles. The topological polar surface area (TPSA) is 169 Å². The van der Waals surface area contributed by atoms with Gasteiger partial charge in [0.1, 0.15) is 32.1 Å². The minimum atomic E-state index is -1.07. The summed E-state index contributed by atoms with van der Waals surface area (Å²) in [5, 5.41) is 12.8. The van der Waals surface area contributed by atoms with Crippen LogP contribution in [0.5, 0.6) is 0 Å². The molecule has 0 unspecified atom stereocenters. The number of nitrogens with zero attached hydrogens (tertiary/aromatic N) is 4. The van der Waals surface area contributed by atoms with Gasteiger partial charge in [-0.15, -0.1) is 11.3 Å². The van der Waals surface area contributed by atoms with Gasteiger partial charge in [-0.05, 0) is 0 Å². The van der Waals surface area contributed by atoms with Crippen molar-refractivity contribution in [1.82, 2.24) is 20.3 Å². The Kier molecular flexibility index (Phi) is 9.45. The smallest absolute Gasteiger partial charge is 0.413 e. The fourth-order valence-corrected chi connectivity index (χ4v) is 4.28. The fraction of sp³-hybridized carbons (Fsp3) is 0.348. The lowest BCUT2D eigenvalue weighted by Crippen LogP contribution is -2.46. The highest BCUT2D eigenvalue weighted by molar-refractivity contribution is 7.14. The predicted molar refractivity (Wildman–Crippen MR) is 135 cm³/mol. The molecular formula is C23H26N6O8S. The molecule has 3 heterocycles. The standard InChI is InChI=1S/C23H26N6O8S/c1-5-8-36-21(33)18-13(16(30)7-3)10-28-11-14(20(32)29(18)28)24-19(31)17(27-35-4)15-12-38-22(25-15)26-23(34)37-9-6-2/h5-6,12,14H,1-2,7-11H2,3-4H3,(H,24,31)(H,25,26,34)/b27-17-/t14-/m0/s1. The third-order valence-electron chi connectivity index (χ3n) is 5.20. The average molecular weight is 547 g/mol. The minimum absolute atomic E-state index is 0.00326. The van der Waals surface area contributed by atoms with Gasteiger partial charge in [-0.3, -0.25) is 19.7 Å². The van der Waals surface area contributed by atoms with Crippen molar-refractivity contribution in [3.05, 3.63) is 47.7 Å². The van der Waals surface area contributed by atoms with E-state index in [1.54, 1.807) is 6.92 Å². The highest BCUT2D eigenvalue weighted by atomic mass is 32.1. The number of aromatic nitrogens is 1. The Morgan fingerprint density at radius 3 is 2.61 bits per heavy atom. The van der Waals surface area contributed by atoms with E-state index in [0.29, 0.717) is 0 Å². The number of anilines is 1. The van der Waals surface area contributed by atoms with E-state index in [4.69, 9.17) is 14.3 Å². The first-order valence-corrected chi connectivity index (χ1v) is 12.2. The summed E-state index contributed by atoms with van der Waals surface area (Å²) in [5.41, 5.74) is -0.196. The van der Waals surface area contributed by atoms with E-state index in [1.165, 1.54) is 29.7 Å². The Morgan fingerprint density at radius 2 is 1.95 bits per heavy atom. The van der Waals surface area contributed by atoms with Crippen molar-refractivity contribution in [2.24, 2.45) is 5.16 Å². The number of amides is 3. The SMILES string of the molecule is C=CCOC(=O)Nc1nc(/C(=N/OC)C(=O)N[C@H]2CN3CC(C(=O)CC)=C(C(=O)OCC=C)N3C2=O)cs1. The number of carbonyl (C=O) groups excluding carboxylic acids is 5. The molecular weight excluding hydrogens is 520 g/mol. The maximum Gasteiger partial charge on any atom is 0.413 e. The van der Waals surface area contributed by atoms with Crippen molar-refractivity contribution in [3.63, 3.8) is 0 Å². The molecule has 1 saturated heterocycles. The molecule has 0 radical (unpaired) electrons. The van der Waals surface area contributed by atoms with Crippen LogP contribution in [0.25, 0.3) is 0 Å². The van der Waals surface area contributed by atoms with Crippen molar-refractivity contribution in [2.45, 2.75) is 19.4 Å². The number of thiazole rings is 1. The summed E-state index contributed by atoms with van der Waals surface area (Å²) >= 11 is 1.01. The van der Waals surface area contributed by atoms with Gasteiger partial charge in [-0.25, -0.2) is 24.6 Å². The number of nitrogens with one attached hydrogen (secondary N) is 2. The Labute approximate surface area is 221 Å². The molecule has 0 spiro atoms. The molecule has 1 aromatic heterocycles.